The van der Waals surface area contributed by atoms with Crippen LogP contribution in [-0.2, 0) is 11.2 Å². The predicted molar refractivity (Wildman–Crippen MR) is 82.1 cm³/mol. The van der Waals surface area contributed by atoms with E-state index in [-0.39, 0.29) is 12.0 Å². The molecule has 0 aromatic carbocycles. The van der Waals surface area contributed by atoms with Crippen LogP contribution in [0, 0.1) is 6.92 Å². The molecular formula is C15H24N2O2S. The number of likely N-dealkylation sites (tertiary alicyclic amines) is 1. The molecule has 1 aromatic rings. The highest BCUT2D eigenvalue weighted by Gasteiger charge is 2.16. The van der Waals surface area contributed by atoms with Gasteiger partial charge in [-0.2, -0.15) is 0 Å². The molecule has 4 nitrogen and oxygen atoms in total. The number of carbonyl (C=O) groups is 1. The molecule has 1 aliphatic rings. The van der Waals surface area contributed by atoms with Crippen LogP contribution in [-0.4, -0.2) is 48.2 Å². The maximum absolute atomic E-state index is 11.8. The minimum Gasteiger partial charge on any atom is -0.393 e. The van der Waals surface area contributed by atoms with Gasteiger partial charge in [-0.1, -0.05) is 0 Å². The van der Waals surface area contributed by atoms with E-state index >= 15 is 0 Å². The van der Waals surface area contributed by atoms with Gasteiger partial charge in [0.2, 0.25) is 5.91 Å². The van der Waals surface area contributed by atoms with E-state index in [4.69, 9.17) is 0 Å². The number of nitrogens with zero attached hydrogens (tertiary/aromatic N) is 1. The monoisotopic (exact) mass is 296 g/mol. The Morgan fingerprint density at radius 3 is 2.85 bits per heavy atom. The van der Waals surface area contributed by atoms with E-state index in [1.165, 1.54) is 4.88 Å². The van der Waals surface area contributed by atoms with Gasteiger partial charge in [0.05, 0.1) is 12.5 Å². The third-order valence-corrected chi connectivity index (χ3v) is 4.66. The van der Waals surface area contributed by atoms with E-state index in [1.807, 2.05) is 6.07 Å². The van der Waals surface area contributed by atoms with Gasteiger partial charge in [-0.25, -0.2) is 0 Å². The summed E-state index contributed by atoms with van der Waals surface area (Å²) in [6.45, 7) is 5.75. The van der Waals surface area contributed by atoms with Crippen LogP contribution in [0.1, 0.15) is 29.0 Å². The fourth-order valence-corrected chi connectivity index (χ4v) is 3.36. The van der Waals surface area contributed by atoms with Gasteiger partial charge in [0.25, 0.3) is 0 Å². The SMILES string of the molecule is Cc1ccc(CC(=O)NCCCN2CCC(O)CC2)s1. The first-order chi connectivity index (χ1) is 9.63. The lowest BCUT2D eigenvalue weighted by molar-refractivity contribution is -0.120. The maximum atomic E-state index is 11.8. The van der Waals surface area contributed by atoms with Crippen molar-refractivity contribution in [2.24, 2.45) is 0 Å². The molecule has 0 spiro atoms. The zero-order valence-electron chi connectivity index (χ0n) is 12.1. The van der Waals surface area contributed by atoms with E-state index in [0.717, 1.165) is 50.3 Å². The van der Waals surface area contributed by atoms with Gasteiger partial charge >= 0.3 is 0 Å². The molecule has 112 valence electrons. The average Bonchev–Trinajstić information content (AvgIpc) is 2.82. The molecule has 0 unspecified atom stereocenters. The van der Waals surface area contributed by atoms with Crippen LogP contribution in [0.4, 0.5) is 0 Å². The number of rotatable bonds is 6. The summed E-state index contributed by atoms with van der Waals surface area (Å²) in [4.78, 5) is 16.5. The summed E-state index contributed by atoms with van der Waals surface area (Å²) in [7, 11) is 0. The van der Waals surface area contributed by atoms with Gasteiger partial charge in [0, 0.05) is 29.4 Å². The number of aryl methyl sites for hydroxylation is 1. The Labute approximate surface area is 124 Å². The quantitative estimate of drug-likeness (QED) is 0.783. The standard InChI is InChI=1S/C15H24N2O2S/c1-12-3-4-14(20-12)11-15(19)16-7-2-8-17-9-5-13(18)6-10-17/h3-4,13,18H,2,5-11H2,1H3,(H,16,19). The molecule has 0 atom stereocenters. The molecule has 2 rings (SSSR count). The summed E-state index contributed by atoms with van der Waals surface area (Å²) in [6, 6.07) is 4.08. The van der Waals surface area contributed by atoms with Crippen molar-refractivity contribution in [1.29, 1.82) is 0 Å². The fraction of sp³-hybridized carbons (Fsp3) is 0.667. The molecule has 20 heavy (non-hydrogen) atoms. The number of hydrogen-bond acceptors (Lipinski definition) is 4. The highest BCUT2D eigenvalue weighted by Crippen LogP contribution is 2.15. The fourth-order valence-electron chi connectivity index (χ4n) is 2.47. The van der Waals surface area contributed by atoms with Crippen LogP contribution in [0.25, 0.3) is 0 Å². The van der Waals surface area contributed by atoms with Crippen LogP contribution in [0.5, 0.6) is 0 Å². The smallest absolute Gasteiger partial charge is 0.225 e. The van der Waals surface area contributed by atoms with Gasteiger partial charge in [0.1, 0.15) is 0 Å². The lowest BCUT2D eigenvalue weighted by Crippen LogP contribution is -2.37. The van der Waals surface area contributed by atoms with Crippen molar-refractivity contribution in [2.45, 2.75) is 38.7 Å². The molecule has 1 fully saturated rings. The average molecular weight is 296 g/mol. The molecule has 2 heterocycles. The minimum absolute atomic E-state index is 0.111. The van der Waals surface area contributed by atoms with E-state index < -0.39 is 0 Å². The highest BCUT2D eigenvalue weighted by molar-refractivity contribution is 7.12. The number of hydrogen-bond donors (Lipinski definition) is 2. The first kappa shape index (κ1) is 15.5. The van der Waals surface area contributed by atoms with Crippen molar-refractivity contribution in [3.63, 3.8) is 0 Å². The number of amides is 1. The predicted octanol–water partition coefficient (Wildman–Crippen LogP) is 1.56. The molecule has 0 bridgehead atoms. The summed E-state index contributed by atoms with van der Waals surface area (Å²) in [5.41, 5.74) is 0. The van der Waals surface area contributed by atoms with Gasteiger partial charge in [-0.05, 0) is 44.9 Å². The van der Waals surface area contributed by atoms with Crippen molar-refractivity contribution in [1.82, 2.24) is 10.2 Å². The minimum atomic E-state index is -0.111. The molecule has 5 heteroatoms. The van der Waals surface area contributed by atoms with Crippen LogP contribution in [0.15, 0.2) is 12.1 Å². The Bertz CT molecular complexity index is 425. The maximum Gasteiger partial charge on any atom is 0.225 e. The lowest BCUT2D eigenvalue weighted by Gasteiger charge is -2.29. The molecule has 1 saturated heterocycles. The molecule has 0 aliphatic carbocycles. The van der Waals surface area contributed by atoms with Gasteiger partial charge in [-0.3, -0.25) is 4.79 Å². The van der Waals surface area contributed by atoms with Gasteiger partial charge < -0.3 is 15.3 Å². The van der Waals surface area contributed by atoms with Crippen LogP contribution >= 0.6 is 11.3 Å². The number of aliphatic hydroxyl groups is 1. The van der Waals surface area contributed by atoms with Crippen LogP contribution in [0.2, 0.25) is 0 Å². The number of carbonyl (C=O) groups excluding carboxylic acids is 1. The number of thiophene rings is 1. The number of nitrogens with one attached hydrogen (secondary N) is 1. The zero-order valence-corrected chi connectivity index (χ0v) is 12.9. The Morgan fingerprint density at radius 2 is 2.20 bits per heavy atom. The Hall–Kier alpha value is -0.910. The molecule has 1 amide bonds. The zero-order chi connectivity index (χ0) is 14.4. The molecule has 0 radical (unpaired) electrons. The van der Waals surface area contributed by atoms with Crippen molar-refractivity contribution < 1.29 is 9.90 Å². The molecule has 2 N–H and O–H groups in total. The summed E-state index contributed by atoms with van der Waals surface area (Å²) in [5.74, 6) is 0.112. The Morgan fingerprint density at radius 1 is 1.45 bits per heavy atom. The van der Waals surface area contributed by atoms with Crippen LogP contribution < -0.4 is 5.32 Å². The number of piperidine rings is 1. The first-order valence-corrected chi connectivity index (χ1v) is 8.17. The molecule has 0 saturated carbocycles. The summed E-state index contributed by atoms with van der Waals surface area (Å²) < 4.78 is 0. The topological polar surface area (TPSA) is 52.6 Å². The van der Waals surface area contributed by atoms with E-state index in [1.54, 1.807) is 11.3 Å². The van der Waals surface area contributed by atoms with E-state index in [0.29, 0.717) is 6.42 Å². The van der Waals surface area contributed by atoms with Gasteiger partial charge in [-0.15, -0.1) is 11.3 Å². The molecule has 1 aromatic heterocycles. The summed E-state index contributed by atoms with van der Waals surface area (Å²) in [6.07, 6.45) is 3.12. The summed E-state index contributed by atoms with van der Waals surface area (Å²) >= 11 is 1.69. The second-order valence-corrected chi connectivity index (χ2v) is 6.84. The van der Waals surface area contributed by atoms with Crippen molar-refractivity contribution >= 4 is 17.2 Å². The second-order valence-electron chi connectivity index (χ2n) is 5.47. The third kappa shape index (κ3) is 5.23. The highest BCUT2D eigenvalue weighted by atomic mass is 32.1. The number of aliphatic hydroxyl groups excluding tert-OH is 1. The second kappa shape index (κ2) is 7.76. The third-order valence-electron chi connectivity index (χ3n) is 3.66. The normalized spacial score (nSPS) is 17.3. The molecular weight excluding hydrogens is 272 g/mol. The van der Waals surface area contributed by atoms with Crippen molar-refractivity contribution in [3.05, 3.63) is 21.9 Å². The summed E-state index contributed by atoms with van der Waals surface area (Å²) in [5, 5.41) is 12.4. The Balaban J connectivity index is 1.55. The Kier molecular flexibility index (Phi) is 6.01. The largest absolute Gasteiger partial charge is 0.393 e. The van der Waals surface area contributed by atoms with Crippen molar-refractivity contribution in [2.75, 3.05) is 26.2 Å². The van der Waals surface area contributed by atoms with E-state index in [2.05, 4.69) is 23.2 Å². The van der Waals surface area contributed by atoms with Gasteiger partial charge in [0.15, 0.2) is 0 Å². The lowest BCUT2D eigenvalue weighted by atomic mass is 10.1. The van der Waals surface area contributed by atoms with Crippen LogP contribution in [0.3, 0.4) is 0 Å². The van der Waals surface area contributed by atoms with E-state index in [9.17, 15) is 9.90 Å². The van der Waals surface area contributed by atoms with Crippen molar-refractivity contribution in [3.8, 4) is 0 Å². The first-order valence-electron chi connectivity index (χ1n) is 7.36. The molecule has 1 aliphatic heterocycles.